The summed E-state index contributed by atoms with van der Waals surface area (Å²) in [5.74, 6) is -2.72. The van der Waals surface area contributed by atoms with Gasteiger partial charge in [-0.2, -0.15) is 0 Å². The van der Waals surface area contributed by atoms with E-state index in [0.29, 0.717) is 77.7 Å². The lowest BCUT2D eigenvalue weighted by molar-refractivity contribution is -0.132. The Hall–Kier alpha value is -5.22. The van der Waals surface area contributed by atoms with Crippen molar-refractivity contribution in [3.63, 3.8) is 0 Å². The monoisotopic (exact) mass is 802 g/mol. The fraction of sp³-hybridized carbons (Fsp3) is 0.611. The molecule has 1 aromatic heterocycles. The number of benzene rings is 1. The van der Waals surface area contributed by atoms with E-state index in [2.05, 4.69) is 42.2 Å². The molecule has 0 saturated carbocycles. The lowest BCUT2D eigenvalue weighted by atomic mass is 10.0. The first-order valence-electron chi connectivity index (χ1n) is 19.1. The van der Waals surface area contributed by atoms with Crippen molar-refractivity contribution in [3.05, 3.63) is 47.8 Å². The highest BCUT2D eigenvalue weighted by Gasteiger charge is 2.29. The van der Waals surface area contributed by atoms with Crippen molar-refractivity contribution >= 4 is 35.5 Å². The van der Waals surface area contributed by atoms with Crippen LogP contribution in [0.1, 0.15) is 55.4 Å². The molecule has 0 aliphatic carbocycles. The molecule has 11 N–H and O–H groups in total. The van der Waals surface area contributed by atoms with Crippen molar-refractivity contribution in [1.82, 2.24) is 46.9 Å². The molecule has 2 aromatic rings. The van der Waals surface area contributed by atoms with Gasteiger partial charge in [0, 0.05) is 26.1 Å². The molecule has 0 saturated heterocycles. The molecule has 0 radical (unpaired) electrons. The van der Waals surface area contributed by atoms with E-state index in [-0.39, 0.29) is 57.4 Å². The number of nitrogens with zero attached hydrogens (tertiary/aromatic N) is 3. The minimum absolute atomic E-state index is 0.129. The molecule has 3 rings (SSSR count). The second-order valence-corrected chi connectivity index (χ2v) is 13.0. The molecule has 21 heteroatoms. The lowest BCUT2D eigenvalue weighted by Crippen LogP contribution is -2.51. The Morgan fingerprint density at radius 1 is 0.789 bits per heavy atom. The van der Waals surface area contributed by atoms with Crippen LogP contribution in [0.3, 0.4) is 0 Å². The average molecular weight is 803 g/mol. The van der Waals surface area contributed by atoms with Gasteiger partial charge in [-0.25, -0.2) is 4.68 Å². The number of carbonyl (C=O) groups excluding carboxylic acids is 5. The summed E-state index contributed by atoms with van der Waals surface area (Å²) in [7, 11) is 0. The van der Waals surface area contributed by atoms with E-state index < -0.39 is 48.3 Å². The average Bonchev–Trinajstić information content (AvgIpc) is 3.68. The van der Waals surface area contributed by atoms with Crippen LogP contribution in [0.2, 0.25) is 0 Å². The number of rotatable bonds is 24. The molecule has 1 aromatic carbocycles. The molecule has 21 nitrogen and oxygen atoms in total. The van der Waals surface area contributed by atoms with Gasteiger partial charge in [-0.1, -0.05) is 35.5 Å². The highest BCUT2D eigenvalue weighted by atomic mass is 16.6. The Balaban J connectivity index is 1.61. The standard InChI is InChI=1S/C36H58N12O9/c37-11-15-55-17-19-57-21-20-56-18-16-54-14-10-31(49)40-12-5-9-30-35(53)45-27(8-4-13-41-36(38)39)34(52)43-23-32(50)42-24-33(51)44-28(29-25-48(30)47-46-29)22-26-6-2-1-3-7-26/h1-3,6-7,25,27-28,30H,4-5,8-24,37H2,(H,40,49)(H,42,50)(H,43,52)(H,44,51)(H,45,53)(H4,38,39,41)/t27-,28-,30?/m0/s1. The van der Waals surface area contributed by atoms with Gasteiger partial charge in [-0.05, 0) is 37.7 Å². The molecule has 2 heterocycles. The van der Waals surface area contributed by atoms with Crippen molar-refractivity contribution in [2.75, 3.05) is 85.6 Å². The molecular weight excluding hydrogens is 744 g/mol. The van der Waals surface area contributed by atoms with Gasteiger partial charge in [-0.15, -0.1) is 5.10 Å². The summed E-state index contributed by atoms with van der Waals surface area (Å²) in [6.45, 7) is 3.36. The first-order valence-corrected chi connectivity index (χ1v) is 19.1. The minimum atomic E-state index is -1.06. The normalized spacial score (nSPS) is 17.9. The Labute approximate surface area is 331 Å². The minimum Gasteiger partial charge on any atom is -0.379 e. The molecule has 0 fully saturated rings. The zero-order valence-electron chi connectivity index (χ0n) is 32.3. The van der Waals surface area contributed by atoms with E-state index >= 15 is 0 Å². The van der Waals surface area contributed by atoms with E-state index in [4.69, 9.17) is 35.8 Å². The van der Waals surface area contributed by atoms with Crippen LogP contribution in [0.5, 0.6) is 0 Å². The largest absolute Gasteiger partial charge is 0.379 e. The SMILES string of the molecule is N=C(N)NCCC[C@@H]1NC(=O)C(CCCNC(=O)CCOCCOCCOCCOCCN)n2cc(nn2)[C@H](Cc2ccccc2)NC(=O)CNC(=O)CNC1=O. The van der Waals surface area contributed by atoms with Gasteiger partial charge < -0.3 is 62.3 Å². The van der Waals surface area contributed by atoms with Gasteiger partial charge in [0.1, 0.15) is 17.8 Å². The number of nitrogens with two attached hydrogens (primary N) is 2. The van der Waals surface area contributed by atoms with Gasteiger partial charge in [0.2, 0.25) is 29.5 Å². The number of ether oxygens (including phenoxy) is 4. The molecule has 0 spiro atoms. The van der Waals surface area contributed by atoms with Crippen LogP contribution in [-0.4, -0.2) is 142 Å². The first-order chi connectivity index (χ1) is 27.7. The number of guanidine groups is 1. The second-order valence-electron chi connectivity index (χ2n) is 13.0. The van der Waals surface area contributed by atoms with Crippen molar-refractivity contribution in [1.29, 1.82) is 5.41 Å². The van der Waals surface area contributed by atoms with Gasteiger partial charge in [0.25, 0.3) is 0 Å². The summed E-state index contributed by atoms with van der Waals surface area (Å²) >= 11 is 0. The highest BCUT2D eigenvalue weighted by Crippen LogP contribution is 2.20. The maximum atomic E-state index is 13.9. The number of aromatic nitrogens is 3. The summed E-state index contributed by atoms with van der Waals surface area (Å²) < 4.78 is 22.9. The fourth-order valence-corrected chi connectivity index (χ4v) is 5.53. The van der Waals surface area contributed by atoms with Crippen LogP contribution in [0.15, 0.2) is 36.5 Å². The predicted octanol–water partition coefficient (Wildman–Crippen LogP) is -2.48. The molecule has 5 amide bonds. The molecule has 2 bridgehead atoms. The van der Waals surface area contributed by atoms with Crippen molar-refractivity contribution in [3.8, 4) is 0 Å². The highest BCUT2D eigenvalue weighted by molar-refractivity contribution is 5.92. The van der Waals surface area contributed by atoms with Crippen LogP contribution in [0.4, 0.5) is 0 Å². The quantitative estimate of drug-likeness (QED) is 0.0302. The van der Waals surface area contributed by atoms with Crippen LogP contribution < -0.4 is 43.4 Å². The summed E-state index contributed by atoms with van der Waals surface area (Å²) in [4.78, 5) is 65.2. The van der Waals surface area contributed by atoms with Crippen molar-refractivity contribution < 1.29 is 42.9 Å². The molecule has 1 aliphatic heterocycles. The number of amides is 5. The zero-order valence-corrected chi connectivity index (χ0v) is 32.3. The Bertz CT molecular complexity index is 1530. The third kappa shape index (κ3) is 19.5. The number of carbonyl (C=O) groups is 5. The maximum Gasteiger partial charge on any atom is 0.245 e. The van der Waals surface area contributed by atoms with E-state index in [1.807, 2.05) is 30.3 Å². The molecule has 57 heavy (non-hydrogen) atoms. The summed E-state index contributed by atoms with van der Waals surface area (Å²) in [6.07, 6.45) is 3.12. The zero-order chi connectivity index (χ0) is 41.1. The van der Waals surface area contributed by atoms with Gasteiger partial charge in [-0.3, -0.25) is 29.4 Å². The molecule has 1 aliphatic rings. The Morgan fingerprint density at radius 3 is 2.11 bits per heavy atom. The number of hydrogen-bond acceptors (Lipinski definition) is 13. The predicted molar refractivity (Wildman–Crippen MR) is 206 cm³/mol. The Kier molecular flexibility index (Phi) is 22.2. The summed E-state index contributed by atoms with van der Waals surface area (Å²) in [5, 5.41) is 32.2. The first kappa shape index (κ1) is 46.2. The maximum absolute atomic E-state index is 13.9. The molecule has 1 unspecified atom stereocenters. The third-order valence-corrected chi connectivity index (χ3v) is 8.44. The number of nitrogens with one attached hydrogen (secondary N) is 7. The topological polar surface area (TPSA) is 301 Å². The second kappa shape index (κ2) is 27.4. The summed E-state index contributed by atoms with van der Waals surface area (Å²) in [5.41, 5.74) is 12.0. The molecular formula is C36H58N12O9. The number of fused-ring (bicyclic) bond motifs is 2. The number of hydrogen-bond donors (Lipinski definition) is 9. The van der Waals surface area contributed by atoms with E-state index in [0.717, 1.165) is 5.56 Å². The van der Waals surface area contributed by atoms with Crippen LogP contribution in [0, 0.1) is 5.41 Å². The molecule has 316 valence electrons. The van der Waals surface area contributed by atoms with Gasteiger partial charge >= 0.3 is 0 Å². The smallest absolute Gasteiger partial charge is 0.245 e. The lowest BCUT2D eigenvalue weighted by Gasteiger charge is -2.23. The van der Waals surface area contributed by atoms with E-state index in [9.17, 15) is 24.0 Å². The van der Waals surface area contributed by atoms with Crippen molar-refractivity contribution in [2.24, 2.45) is 11.5 Å². The van der Waals surface area contributed by atoms with Crippen molar-refractivity contribution in [2.45, 2.75) is 56.7 Å². The van der Waals surface area contributed by atoms with Gasteiger partial charge in [0.15, 0.2) is 5.96 Å². The van der Waals surface area contributed by atoms with Crippen LogP contribution >= 0.6 is 0 Å². The van der Waals surface area contributed by atoms with E-state index in [1.54, 1.807) is 6.20 Å². The fourth-order valence-electron chi connectivity index (χ4n) is 5.53. The third-order valence-electron chi connectivity index (χ3n) is 8.44. The van der Waals surface area contributed by atoms with Crippen LogP contribution in [0.25, 0.3) is 0 Å². The summed E-state index contributed by atoms with van der Waals surface area (Å²) in [6, 6.07) is 6.75. The van der Waals surface area contributed by atoms with Gasteiger partial charge in [0.05, 0.1) is 78.2 Å². The van der Waals surface area contributed by atoms with Crippen LogP contribution in [-0.2, 0) is 49.3 Å². The Morgan fingerprint density at radius 2 is 1.42 bits per heavy atom. The molecule has 3 atom stereocenters. The van der Waals surface area contributed by atoms with E-state index in [1.165, 1.54) is 4.68 Å².